The predicted octanol–water partition coefficient (Wildman–Crippen LogP) is 4.00. The van der Waals surface area contributed by atoms with Crippen LogP contribution in [-0.2, 0) is 0 Å². The molecule has 2 fully saturated rings. The molecule has 2 atom stereocenters. The summed E-state index contributed by atoms with van der Waals surface area (Å²) < 4.78 is 25.8. The molecule has 0 aliphatic carbocycles. The minimum Gasteiger partial charge on any atom is -0.490 e. The van der Waals surface area contributed by atoms with E-state index in [0.29, 0.717) is 53.9 Å². The van der Waals surface area contributed by atoms with E-state index in [1.807, 2.05) is 18.7 Å². The SMILES string of the molecule is CC(C)c1noc(N2CCC(COc3cnc(N4C[C@H](c5cc(Cl)ccc5F)[C@@H](N)C4)nc3)CC2)n1. The van der Waals surface area contributed by atoms with Crippen LogP contribution < -0.4 is 20.3 Å². The van der Waals surface area contributed by atoms with E-state index in [2.05, 4.69) is 25.0 Å². The zero-order valence-corrected chi connectivity index (χ0v) is 21.2. The third kappa shape index (κ3) is 5.39. The van der Waals surface area contributed by atoms with Crippen molar-refractivity contribution in [2.45, 2.75) is 44.6 Å². The van der Waals surface area contributed by atoms with Crippen molar-refractivity contribution in [3.8, 4) is 5.75 Å². The molecule has 9 nitrogen and oxygen atoms in total. The van der Waals surface area contributed by atoms with Crippen LogP contribution in [0.15, 0.2) is 35.1 Å². The lowest BCUT2D eigenvalue weighted by Crippen LogP contribution is -2.35. The van der Waals surface area contributed by atoms with E-state index in [9.17, 15) is 4.39 Å². The number of benzene rings is 1. The van der Waals surface area contributed by atoms with Crippen molar-refractivity contribution in [3.63, 3.8) is 0 Å². The van der Waals surface area contributed by atoms with Gasteiger partial charge < -0.3 is 24.8 Å². The Balaban J connectivity index is 1.11. The molecular formula is C25H31ClFN7O2. The molecule has 192 valence electrons. The Morgan fingerprint density at radius 3 is 2.61 bits per heavy atom. The normalized spacial score (nSPS) is 20.9. The number of halogens is 2. The highest BCUT2D eigenvalue weighted by atomic mass is 35.5. The molecule has 2 saturated heterocycles. The van der Waals surface area contributed by atoms with E-state index < -0.39 is 0 Å². The van der Waals surface area contributed by atoms with E-state index in [1.165, 1.54) is 6.07 Å². The highest BCUT2D eigenvalue weighted by molar-refractivity contribution is 6.30. The molecule has 1 aromatic carbocycles. The van der Waals surface area contributed by atoms with Gasteiger partial charge in [-0.2, -0.15) is 4.98 Å². The topological polar surface area (TPSA) is 106 Å². The molecule has 3 aromatic rings. The van der Waals surface area contributed by atoms with Gasteiger partial charge in [0.15, 0.2) is 11.6 Å². The maximum atomic E-state index is 14.4. The standard InChI is InChI=1S/C25H31ClFN7O2/c1-15(2)23-31-25(36-32-23)33-7-5-16(6-8-33)14-35-18-10-29-24(30-11-18)34-12-20(22(28)13-34)19-9-17(26)3-4-21(19)27/h3-4,9-11,15-16,20,22H,5-8,12-14,28H2,1-2H3/t20-,22+/m1/s1. The second-order valence-electron chi connectivity index (χ2n) is 9.89. The van der Waals surface area contributed by atoms with Gasteiger partial charge in [-0.1, -0.05) is 30.6 Å². The Kier molecular flexibility index (Phi) is 7.25. The summed E-state index contributed by atoms with van der Waals surface area (Å²) in [6, 6.07) is 4.93. The van der Waals surface area contributed by atoms with E-state index in [0.717, 1.165) is 31.8 Å². The highest BCUT2D eigenvalue weighted by Gasteiger charge is 2.34. The van der Waals surface area contributed by atoms with Crippen LogP contribution in [0, 0.1) is 11.7 Å². The summed E-state index contributed by atoms with van der Waals surface area (Å²) in [5.41, 5.74) is 6.86. The minimum atomic E-state index is -0.297. The van der Waals surface area contributed by atoms with Crippen molar-refractivity contribution in [3.05, 3.63) is 52.8 Å². The van der Waals surface area contributed by atoms with Gasteiger partial charge in [0.05, 0.1) is 19.0 Å². The van der Waals surface area contributed by atoms with Gasteiger partial charge in [0.2, 0.25) is 5.95 Å². The lowest BCUT2D eigenvalue weighted by Gasteiger charge is -2.30. The molecule has 4 heterocycles. The Morgan fingerprint density at radius 1 is 1.17 bits per heavy atom. The van der Waals surface area contributed by atoms with E-state index in [4.69, 9.17) is 26.6 Å². The quantitative estimate of drug-likeness (QED) is 0.499. The largest absolute Gasteiger partial charge is 0.490 e. The molecule has 11 heteroatoms. The van der Waals surface area contributed by atoms with E-state index in [-0.39, 0.29) is 23.7 Å². The van der Waals surface area contributed by atoms with Gasteiger partial charge in [0, 0.05) is 49.1 Å². The van der Waals surface area contributed by atoms with Gasteiger partial charge in [0.25, 0.3) is 0 Å². The van der Waals surface area contributed by atoms with Crippen LogP contribution in [-0.4, -0.2) is 58.9 Å². The summed E-state index contributed by atoms with van der Waals surface area (Å²) in [6.45, 7) is 7.47. The smallest absolute Gasteiger partial charge is 0.324 e. The summed E-state index contributed by atoms with van der Waals surface area (Å²) in [6.07, 6.45) is 5.32. The Labute approximate surface area is 214 Å². The first-order valence-corrected chi connectivity index (χ1v) is 12.7. The Bertz CT molecular complexity index is 1170. The van der Waals surface area contributed by atoms with Gasteiger partial charge in [-0.3, -0.25) is 0 Å². The van der Waals surface area contributed by atoms with Crippen LogP contribution in [0.25, 0.3) is 0 Å². The molecule has 0 bridgehead atoms. The second kappa shape index (κ2) is 10.6. The van der Waals surface area contributed by atoms with Gasteiger partial charge in [-0.25, -0.2) is 14.4 Å². The van der Waals surface area contributed by atoms with Crippen LogP contribution in [0.2, 0.25) is 5.02 Å². The number of anilines is 2. The molecular weight excluding hydrogens is 485 g/mol. The number of hydrogen-bond donors (Lipinski definition) is 1. The number of ether oxygens (including phenoxy) is 1. The summed E-state index contributed by atoms with van der Waals surface area (Å²) in [5, 5.41) is 4.55. The highest BCUT2D eigenvalue weighted by Crippen LogP contribution is 2.32. The third-order valence-electron chi connectivity index (χ3n) is 6.94. The number of piperidine rings is 1. The van der Waals surface area contributed by atoms with Crippen LogP contribution in [0.5, 0.6) is 5.75 Å². The van der Waals surface area contributed by atoms with Crippen molar-refractivity contribution in [2.75, 3.05) is 42.6 Å². The van der Waals surface area contributed by atoms with Crippen molar-refractivity contribution in [1.82, 2.24) is 20.1 Å². The number of aromatic nitrogens is 4. The van der Waals surface area contributed by atoms with Crippen molar-refractivity contribution >= 4 is 23.6 Å². The number of rotatable bonds is 7. The summed E-state index contributed by atoms with van der Waals surface area (Å²) in [7, 11) is 0. The zero-order chi connectivity index (χ0) is 25.2. The monoisotopic (exact) mass is 515 g/mol. The summed E-state index contributed by atoms with van der Waals surface area (Å²) in [5.74, 6) is 2.11. The fourth-order valence-electron chi connectivity index (χ4n) is 4.76. The molecule has 36 heavy (non-hydrogen) atoms. The average Bonchev–Trinajstić information content (AvgIpc) is 3.52. The zero-order valence-electron chi connectivity index (χ0n) is 20.5. The van der Waals surface area contributed by atoms with Gasteiger partial charge in [0.1, 0.15) is 5.82 Å². The first kappa shape index (κ1) is 24.7. The maximum Gasteiger partial charge on any atom is 0.324 e. The molecule has 0 radical (unpaired) electrons. The van der Waals surface area contributed by atoms with Crippen LogP contribution >= 0.6 is 11.6 Å². The van der Waals surface area contributed by atoms with E-state index >= 15 is 0 Å². The van der Waals surface area contributed by atoms with Crippen molar-refractivity contribution in [2.24, 2.45) is 11.7 Å². The third-order valence-corrected chi connectivity index (χ3v) is 7.17. The first-order chi connectivity index (χ1) is 17.4. The molecule has 0 saturated carbocycles. The molecule has 0 unspecified atom stereocenters. The van der Waals surface area contributed by atoms with Crippen LogP contribution in [0.3, 0.4) is 0 Å². The Hall–Kier alpha value is -2.98. The lowest BCUT2D eigenvalue weighted by atomic mass is 9.94. The molecule has 2 aliphatic rings. The molecule has 0 amide bonds. The maximum absolute atomic E-state index is 14.4. The van der Waals surface area contributed by atoms with Crippen LogP contribution in [0.4, 0.5) is 16.4 Å². The molecule has 5 rings (SSSR count). The summed E-state index contributed by atoms with van der Waals surface area (Å²) >= 11 is 6.07. The number of hydrogen-bond acceptors (Lipinski definition) is 9. The predicted molar refractivity (Wildman–Crippen MR) is 135 cm³/mol. The van der Waals surface area contributed by atoms with E-state index in [1.54, 1.807) is 24.5 Å². The second-order valence-corrected chi connectivity index (χ2v) is 10.3. The van der Waals surface area contributed by atoms with Crippen molar-refractivity contribution in [1.29, 1.82) is 0 Å². The molecule has 2 N–H and O–H groups in total. The molecule has 2 aliphatic heterocycles. The fourth-order valence-corrected chi connectivity index (χ4v) is 4.94. The van der Waals surface area contributed by atoms with Gasteiger partial charge in [-0.15, -0.1) is 0 Å². The molecule has 2 aromatic heterocycles. The molecule has 0 spiro atoms. The lowest BCUT2D eigenvalue weighted by molar-refractivity contribution is 0.219. The fraction of sp³-hybridized carbons (Fsp3) is 0.520. The van der Waals surface area contributed by atoms with Gasteiger partial charge in [-0.05, 0) is 42.5 Å². The minimum absolute atomic E-state index is 0.182. The number of nitrogens with zero attached hydrogens (tertiary/aromatic N) is 6. The van der Waals surface area contributed by atoms with Crippen molar-refractivity contribution < 1.29 is 13.7 Å². The average molecular weight is 516 g/mol. The number of nitrogens with two attached hydrogens (primary N) is 1. The Morgan fingerprint density at radius 2 is 1.92 bits per heavy atom. The van der Waals surface area contributed by atoms with Crippen LogP contribution in [0.1, 0.15) is 49.9 Å². The summed E-state index contributed by atoms with van der Waals surface area (Å²) in [4.78, 5) is 17.5. The first-order valence-electron chi connectivity index (χ1n) is 12.4. The van der Waals surface area contributed by atoms with Gasteiger partial charge >= 0.3 is 6.01 Å².